The summed E-state index contributed by atoms with van der Waals surface area (Å²) in [6.45, 7) is 1.57. The van der Waals surface area contributed by atoms with E-state index in [1.165, 1.54) is 0 Å². The molecule has 1 saturated carbocycles. The Morgan fingerprint density at radius 2 is 1.79 bits per heavy atom. The Morgan fingerprint density at radius 1 is 1.05 bits per heavy atom. The average molecular weight is 548 g/mol. The molecule has 202 valence electrons. The van der Waals surface area contributed by atoms with E-state index in [9.17, 15) is 5.11 Å². The van der Waals surface area contributed by atoms with Gasteiger partial charge in [-0.3, -0.25) is 0 Å². The fraction of sp³-hybridized carbons (Fsp3) is 0.400. The van der Waals surface area contributed by atoms with Crippen molar-refractivity contribution in [3.05, 3.63) is 53.3 Å². The topological polar surface area (TPSA) is 73.8 Å². The molecular formula is C30H31ClFN5O2. The Morgan fingerprint density at radius 3 is 2.54 bits per heavy atom. The van der Waals surface area contributed by atoms with E-state index < -0.39 is 5.82 Å². The summed E-state index contributed by atoms with van der Waals surface area (Å²) in [6.07, 6.45) is 3.99. The van der Waals surface area contributed by atoms with Crippen LogP contribution >= 0.6 is 11.6 Å². The van der Waals surface area contributed by atoms with Gasteiger partial charge in [0.15, 0.2) is 5.82 Å². The van der Waals surface area contributed by atoms with Crippen molar-refractivity contribution in [1.82, 2.24) is 20.2 Å². The van der Waals surface area contributed by atoms with E-state index in [-0.39, 0.29) is 34.0 Å². The first-order valence-electron chi connectivity index (χ1n) is 13.6. The van der Waals surface area contributed by atoms with E-state index in [4.69, 9.17) is 21.3 Å². The number of halogens is 2. The highest BCUT2D eigenvalue weighted by Gasteiger charge is 2.36. The number of fused-ring (bicyclic) bond motifs is 4. The van der Waals surface area contributed by atoms with Crippen molar-refractivity contribution in [2.45, 2.75) is 49.9 Å². The van der Waals surface area contributed by atoms with E-state index in [1.54, 1.807) is 18.2 Å². The Kier molecular flexibility index (Phi) is 6.02. The van der Waals surface area contributed by atoms with Crippen LogP contribution in [-0.2, 0) is 0 Å². The van der Waals surface area contributed by atoms with Crippen molar-refractivity contribution >= 4 is 39.1 Å². The van der Waals surface area contributed by atoms with Gasteiger partial charge in [-0.1, -0.05) is 35.9 Å². The van der Waals surface area contributed by atoms with Crippen LogP contribution in [0.2, 0.25) is 5.02 Å². The highest BCUT2D eigenvalue weighted by molar-refractivity contribution is 6.35. The highest BCUT2D eigenvalue weighted by atomic mass is 35.5. The van der Waals surface area contributed by atoms with E-state index >= 15 is 4.39 Å². The van der Waals surface area contributed by atoms with Crippen molar-refractivity contribution in [3.8, 4) is 22.9 Å². The number of phenolic OH excluding ortho intramolecular Hbond substituents is 1. The Hall–Kier alpha value is -3.20. The molecule has 3 aliphatic rings. The zero-order valence-corrected chi connectivity index (χ0v) is 22.7. The molecule has 0 spiro atoms. The Balaban J connectivity index is 1.38. The summed E-state index contributed by atoms with van der Waals surface area (Å²) < 4.78 is 22.8. The second kappa shape index (κ2) is 9.47. The third-order valence-electron chi connectivity index (χ3n) is 8.55. The maximum absolute atomic E-state index is 16.6. The first-order valence-corrected chi connectivity index (χ1v) is 14.0. The number of hydrogen-bond acceptors (Lipinski definition) is 7. The highest BCUT2D eigenvalue weighted by Crippen LogP contribution is 2.43. The fourth-order valence-corrected chi connectivity index (χ4v) is 6.67. The third kappa shape index (κ3) is 4.35. The molecule has 2 bridgehead atoms. The number of nitrogens with zero attached hydrogens (tertiary/aromatic N) is 4. The number of ether oxygens (including phenoxy) is 1. The smallest absolute Gasteiger partial charge is 0.319 e. The maximum Gasteiger partial charge on any atom is 0.319 e. The van der Waals surface area contributed by atoms with Gasteiger partial charge in [-0.2, -0.15) is 9.97 Å². The lowest BCUT2D eigenvalue weighted by molar-refractivity contribution is 0.0339. The van der Waals surface area contributed by atoms with E-state index in [1.807, 2.05) is 24.3 Å². The number of benzene rings is 3. The largest absolute Gasteiger partial charge is 0.508 e. The lowest BCUT2D eigenvalue weighted by atomic mass is 9.88. The molecule has 3 fully saturated rings. The van der Waals surface area contributed by atoms with Gasteiger partial charge >= 0.3 is 6.01 Å². The van der Waals surface area contributed by atoms with Gasteiger partial charge < -0.3 is 25.0 Å². The monoisotopic (exact) mass is 547 g/mol. The van der Waals surface area contributed by atoms with Crippen LogP contribution in [0, 0.1) is 5.82 Å². The van der Waals surface area contributed by atoms with Gasteiger partial charge in [0.25, 0.3) is 0 Å². The molecule has 1 aromatic heterocycles. The fourth-order valence-electron chi connectivity index (χ4n) is 6.38. The van der Waals surface area contributed by atoms with Gasteiger partial charge in [-0.15, -0.1) is 0 Å². The molecule has 7 rings (SSSR count). The minimum absolute atomic E-state index is 0.00764. The average Bonchev–Trinajstić information content (AvgIpc) is 3.22. The van der Waals surface area contributed by atoms with Gasteiger partial charge in [0.1, 0.15) is 23.2 Å². The second-order valence-corrected chi connectivity index (χ2v) is 11.8. The minimum Gasteiger partial charge on any atom is -0.508 e. The molecule has 3 aromatic carbocycles. The molecule has 2 atom stereocenters. The normalized spacial score (nSPS) is 24.5. The van der Waals surface area contributed by atoms with Gasteiger partial charge in [0, 0.05) is 55.0 Å². The molecule has 2 aliphatic heterocycles. The summed E-state index contributed by atoms with van der Waals surface area (Å²) in [5, 5.41) is 16.5. The molecule has 0 amide bonds. The molecule has 4 aromatic rings. The van der Waals surface area contributed by atoms with Crippen molar-refractivity contribution in [3.63, 3.8) is 0 Å². The zero-order valence-electron chi connectivity index (χ0n) is 22.0. The molecule has 3 heterocycles. The number of phenols is 1. The quantitative estimate of drug-likeness (QED) is 0.348. The van der Waals surface area contributed by atoms with E-state index in [2.05, 4.69) is 34.2 Å². The number of piperazine rings is 1. The Bertz CT molecular complexity index is 1580. The summed E-state index contributed by atoms with van der Waals surface area (Å²) >= 11 is 6.83. The standard InChI is InChI=1S/C30H31ClFN5O2/c1-36(2)19-10-21(11-19)39-30-34-28-24(29(35-30)37-14-17-7-8-18(15-37)33-17)13-25(31)26(27(28)32)23-12-20(38)9-16-5-3-4-6-22(16)23/h3-6,9,12-13,17-19,21,33,38H,7-8,10-11,14-15H2,1-2H3/t17?,18?,19-,21+. The lowest BCUT2D eigenvalue weighted by Gasteiger charge is -2.39. The number of nitrogens with one attached hydrogen (secondary N) is 1. The molecule has 0 radical (unpaired) electrons. The molecule has 7 nitrogen and oxygen atoms in total. The first-order chi connectivity index (χ1) is 18.8. The third-order valence-corrected chi connectivity index (χ3v) is 8.84. The molecule has 2 unspecified atom stereocenters. The van der Waals surface area contributed by atoms with Crippen LogP contribution in [-0.4, -0.2) is 71.4 Å². The number of rotatable bonds is 5. The summed E-state index contributed by atoms with van der Waals surface area (Å²) in [4.78, 5) is 13.9. The first kappa shape index (κ1) is 24.8. The predicted molar refractivity (Wildman–Crippen MR) is 152 cm³/mol. The summed E-state index contributed by atoms with van der Waals surface area (Å²) in [5.74, 6) is 0.160. The van der Waals surface area contributed by atoms with Crippen molar-refractivity contribution in [2.24, 2.45) is 0 Å². The van der Waals surface area contributed by atoms with Crippen molar-refractivity contribution in [1.29, 1.82) is 0 Å². The summed E-state index contributed by atoms with van der Waals surface area (Å²) in [5.41, 5.74) is 0.908. The van der Waals surface area contributed by atoms with Gasteiger partial charge in [0.2, 0.25) is 0 Å². The van der Waals surface area contributed by atoms with E-state index in [0.717, 1.165) is 49.5 Å². The number of hydrogen-bond donors (Lipinski definition) is 2. The van der Waals surface area contributed by atoms with Crippen LogP contribution in [0.5, 0.6) is 11.8 Å². The van der Waals surface area contributed by atoms with Crippen LogP contribution < -0.4 is 15.0 Å². The zero-order chi connectivity index (χ0) is 26.8. The van der Waals surface area contributed by atoms with Crippen LogP contribution in [0.1, 0.15) is 25.7 Å². The Labute approximate surface area is 231 Å². The number of anilines is 1. The molecule has 9 heteroatoms. The van der Waals surface area contributed by atoms with Crippen LogP contribution in [0.3, 0.4) is 0 Å². The van der Waals surface area contributed by atoms with Crippen LogP contribution in [0.4, 0.5) is 10.2 Å². The van der Waals surface area contributed by atoms with Crippen LogP contribution in [0.25, 0.3) is 32.8 Å². The van der Waals surface area contributed by atoms with Gasteiger partial charge in [-0.25, -0.2) is 4.39 Å². The molecule has 2 saturated heterocycles. The van der Waals surface area contributed by atoms with E-state index in [0.29, 0.717) is 34.9 Å². The molecular weight excluding hydrogens is 517 g/mol. The van der Waals surface area contributed by atoms with Gasteiger partial charge in [-0.05, 0) is 61.5 Å². The maximum atomic E-state index is 16.6. The van der Waals surface area contributed by atoms with Crippen molar-refractivity contribution in [2.75, 3.05) is 32.1 Å². The summed E-state index contributed by atoms with van der Waals surface area (Å²) in [6, 6.07) is 14.0. The molecule has 39 heavy (non-hydrogen) atoms. The molecule has 1 aliphatic carbocycles. The summed E-state index contributed by atoms with van der Waals surface area (Å²) in [7, 11) is 4.13. The SMILES string of the molecule is CN(C)[C@H]1C[C@@H](Oc2nc(N3CC4CCC(C3)N4)c3cc(Cl)c(-c4cc(O)cc5ccccc45)c(F)c3n2)C1. The second-order valence-electron chi connectivity index (χ2n) is 11.4. The lowest BCUT2D eigenvalue weighted by Crippen LogP contribution is -2.51. The van der Waals surface area contributed by atoms with Crippen LogP contribution in [0.15, 0.2) is 42.5 Å². The molecule has 2 N–H and O–H groups in total. The predicted octanol–water partition coefficient (Wildman–Crippen LogP) is 5.36. The number of aromatic nitrogens is 2. The number of aromatic hydroxyl groups is 1. The van der Waals surface area contributed by atoms with Gasteiger partial charge in [0.05, 0.1) is 5.02 Å². The van der Waals surface area contributed by atoms with Crippen molar-refractivity contribution < 1.29 is 14.2 Å². The minimum atomic E-state index is -0.542.